The number of hydrogen-bond acceptors (Lipinski definition) is 3. The lowest BCUT2D eigenvalue weighted by atomic mass is 10.2. The van der Waals surface area contributed by atoms with Gasteiger partial charge in [0.2, 0.25) is 5.95 Å². The van der Waals surface area contributed by atoms with Crippen molar-refractivity contribution in [1.82, 2.24) is 14.5 Å². The molecule has 3 rings (SSSR count). The van der Waals surface area contributed by atoms with Crippen LogP contribution in [0, 0.1) is 0 Å². The highest BCUT2D eigenvalue weighted by atomic mass is 35.5. The fourth-order valence-corrected chi connectivity index (χ4v) is 2.44. The number of imidazole rings is 1. The minimum atomic E-state index is 0.493. The third kappa shape index (κ3) is 2.27. The Morgan fingerprint density at radius 1 is 1.21 bits per heavy atom. The Labute approximate surface area is 115 Å². The topological polar surface area (TPSA) is 56.7 Å². The van der Waals surface area contributed by atoms with E-state index in [2.05, 4.69) is 9.97 Å². The SMILES string of the molecule is Nc1nc2cccc(Cl)c2n1CCc1cccnc1. The second-order valence-electron chi connectivity index (χ2n) is 4.34. The number of nitrogens with zero attached hydrogens (tertiary/aromatic N) is 3. The summed E-state index contributed by atoms with van der Waals surface area (Å²) in [7, 11) is 0. The van der Waals surface area contributed by atoms with Gasteiger partial charge in [0.25, 0.3) is 0 Å². The van der Waals surface area contributed by atoms with Crippen molar-refractivity contribution in [3.8, 4) is 0 Å². The summed E-state index contributed by atoms with van der Waals surface area (Å²) >= 11 is 6.23. The first-order chi connectivity index (χ1) is 9.25. The van der Waals surface area contributed by atoms with E-state index in [4.69, 9.17) is 17.3 Å². The summed E-state index contributed by atoms with van der Waals surface area (Å²) in [6, 6.07) is 9.62. The van der Waals surface area contributed by atoms with Crippen LogP contribution in [0.4, 0.5) is 5.95 Å². The molecule has 0 radical (unpaired) electrons. The molecule has 2 heterocycles. The number of halogens is 1. The van der Waals surface area contributed by atoms with Gasteiger partial charge in [-0.25, -0.2) is 4.98 Å². The summed E-state index contributed by atoms with van der Waals surface area (Å²) in [6.07, 6.45) is 4.47. The van der Waals surface area contributed by atoms with Crippen LogP contribution in [0.15, 0.2) is 42.7 Å². The van der Waals surface area contributed by atoms with E-state index in [0.29, 0.717) is 11.0 Å². The Hall–Kier alpha value is -2.07. The maximum atomic E-state index is 6.23. The van der Waals surface area contributed by atoms with Crippen LogP contribution < -0.4 is 5.73 Å². The number of aryl methyl sites for hydroxylation is 2. The number of aromatic nitrogens is 3. The second kappa shape index (κ2) is 4.90. The molecule has 96 valence electrons. The third-order valence-corrected chi connectivity index (χ3v) is 3.40. The average Bonchev–Trinajstić information content (AvgIpc) is 2.75. The number of hydrogen-bond donors (Lipinski definition) is 1. The Morgan fingerprint density at radius 3 is 2.89 bits per heavy atom. The van der Waals surface area contributed by atoms with E-state index in [-0.39, 0.29) is 0 Å². The maximum absolute atomic E-state index is 6.23. The summed E-state index contributed by atoms with van der Waals surface area (Å²) < 4.78 is 1.95. The molecule has 5 heteroatoms. The zero-order valence-electron chi connectivity index (χ0n) is 10.3. The van der Waals surface area contributed by atoms with Gasteiger partial charge in [-0.2, -0.15) is 0 Å². The first-order valence-corrected chi connectivity index (χ1v) is 6.42. The van der Waals surface area contributed by atoms with Gasteiger partial charge in [0.15, 0.2) is 0 Å². The molecule has 0 unspecified atom stereocenters. The predicted octanol–water partition coefficient (Wildman–Crippen LogP) is 2.91. The van der Waals surface area contributed by atoms with Gasteiger partial charge >= 0.3 is 0 Å². The van der Waals surface area contributed by atoms with E-state index in [1.54, 1.807) is 6.20 Å². The number of rotatable bonds is 3. The van der Waals surface area contributed by atoms with Crippen molar-refractivity contribution >= 4 is 28.6 Å². The predicted molar refractivity (Wildman–Crippen MR) is 77.1 cm³/mol. The van der Waals surface area contributed by atoms with E-state index in [1.807, 2.05) is 41.1 Å². The normalized spacial score (nSPS) is 11.0. The van der Waals surface area contributed by atoms with E-state index in [9.17, 15) is 0 Å². The van der Waals surface area contributed by atoms with Crippen LogP contribution in [0.5, 0.6) is 0 Å². The minimum absolute atomic E-state index is 0.493. The molecule has 1 aromatic carbocycles. The summed E-state index contributed by atoms with van der Waals surface area (Å²) in [5.74, 6) is 0.493. The molecule has 0 saturated heterocycles. The quantitative estimate of drug-likeness (QED) is 0.798. The van der Waals surface area contributed by atoms with Crippen LogP contribution in [0.2, 0.25) is 5.02 Å². The number of benzene rings is 1. The smallest absolute Gasteiger partial charge is 0.201 e. The lowest BCUT2D eigenvalue weighted by molar-refractivity contribution is 0.724. The molecule has 2 N–H and O–H groups in total. The van der Waals surface area contributed by atoms with Gasteiger partial charge in [0.05, 0.1) is 16.1 Å². The van der Waals surface area contributed by atoms with Gasteiger partial charge in [0.1, 0.15) is 0 Å². The standard InChI is InChI=1S/C14H13ClN4/c15-11-4-1-5-12-13(11)19(14(16)18-12)8-6-10-3-2-7-17-9-10/h1-5,7,9H,6,8H2,(H2,16,18). The van der Waals surface area contributed by atoms with Crippen molar-refractivity contribution < 1.29 is 0 Å². The second-order valence-corrected chi connectivity index (χ2v) is 4.75. The number of nitrogens with two attached hydrogens (primary N) is 1. The molecule has 0 saturated carbocycles. The summed E-state index contributed by atoms with van der Waals surface area (Å²) in [6.45, 7) is 0.734. The van der Waals surface area contributed by atoms with Crippen LogP contribution >= 0.6 is 11.6 Å². The Morgan fingerprint density at radius 2 is 2.11 bits per heavy atom. The van der Waals surface area contributed by atoms with Gasteiger partial charge in [-0.3, -0.25) is 4.98 Å². The molecule has 3 aromatic rings. The molecule has 0 aliphatic carbocycles. The van der Waals surface area contributed by atoms with Crippen LogP contribution in [-0.2, 0) is 13.0 Å². The monoisotopic (exact) mass is 272 g/mol. The van der Waals surface area contributed by atoms with Crippen LogP contribution in [0.3, 0.4) is 0 Å². The molecule has 0 amide bonds. The number of fused-ring (bicyclic) bond motifs is 1. The van der Waals surface area contributed by atoms with E-state index < -0.39 is 0 Å². The van der Waals surface area contributed by atoms with Crippen LogP contribution in [0.25, 0.3) is 11.0 Å². The van der Waals surface area contributed by atoms with Gasteiger partial charge < -0.3 is 10.3 Å². The van der Waals surface area contributed by atoms with Crippen LogP contribution in [0.1, 0.15) is 5.56 Å². The molecule has 0 spiro atoms. The zero-order chi connectivity index (χ0) is 13.2. The summed E-state index contributed by atoms with van der Waals surface area (Å²) in [4.78, 5) is 8.43. The minimum Gasteiger partial charge on any atom is -0.369 e. The molecule has 0 bridgehead atoms. The largest absolute Gasteiger partial charge is 0.369 e. The van der Waals surface area contributed by atoms with E-state index in [0.717, 1.165) is 29.6 Å². The highest BCUT2D eigenvalue weighted by molar-refractivity contribution is 6.35. The van der Waals surface area contributed by atoms with E-state index in [1.165, 1.54) is 0 Å². The molecule has 0 aliphatic rings. The molecule has 0 fully saturated rings. The van der Waals surface area contributed by atoms with Gasteiger partial charge in [-0.05, 0) is 30.2 Å². The fraction of sp³-hybridized carbons (Fsp3) is 0.143. The maximum Gasteiger partial charge on any atom is 0.201 e. The molecular weight excluding hydrogens is 260 g/mol. The molecule has 0 atom stereocenters. The molecule has 19 heavy (non-hydrogen) atoms. The zero-order valence-corrected chi connectivity index (χ0v) is 11.0. The Kier molecular flexibility index (Phi) is 3.09. The molecular formula is C14H13ClN4. The van der Waals surface area contributed by atoms with Crippen molar-refractivity contribution in [3.05, 3.63) is 53.3 Å². The number of para-hydroxylation sites is 1. The Bertz CT molecular complexity index is 706. The number of pyridine rings is 1. The average molecular weight is 273 g/mol. The van der Waals surface area contributed by atoms with Crippen molar-refractivity contribution in [3.63, 3.8) is 0 Å². The van der Waals surface area contributed by atoms with Gasteiger partial charge in [-0.15, -0.1) is 0 Å². The molecule has 2 aromatic heterocycles. The van der Waals surface area contributed by atoms with Crippen molar-refractivity contribution in [2.75, 3.05) is 5.73 Å². The van der Waals surface area contributed by atoms with Gasteiger partial charge in [-0.1, -0.05) is 23.7 Å². The highest BCUT2D eigenvalue weighted by Crippen LogP contribution is 2.25. The summed E-state index contributed by atoms with van der Waals surface area (Å²) in [5, 5.41) is 0.674. The molecule has 4 nitrogen and oxygen atoms in total. The number of anilines is 1. The molecule has 0 aliphatic heterocycles. The highest BCUT2D eigenvalue weighted by Gasteiger charge is 2.10. The van der Waals surface area contributed by atoms with E-state index >= 15 is 0 Å². The van der Waals surface area contributed by atoms with Gasteiger partial charge in [0, 0.05) is 18.9 Å². The Balaban J connectivity index is 1.95. The lowest BCUT2D eigenvalue weighted by Crippen LogP contribution is -2.06. The first-order valence-electron chi connectivity index (χ1n) is 6.05. The van der Waals surface area contributed by atoms with Crippen LogP contribution in [-0.4, -0.2) is 14.5 Å². The first kappa shape index (κ1) is 12.0. The number of nitrogen functional groups attached to an aromatic ring is 1. The van der Waals surface area contributed by atoms with Crippen molar-refractivity contribution in [1.29, 1.82) is 0 Å². The third-order valence-electron chi connectivity index (χ3n) is 3.09. The fourth-order valence-electron chi connectivity index (χ4n) is 2.17. The van der Waals surface area contributed by atoms with Crippen molar-refractivity contribution in [2.45, 2.75) is 13.0 Å². The summed E-state index contributed by atoms with van der Waals surface area (Å²) in [5.41, 5.74) is 8.85. The lowest BCUT2D eigenvalue weighted by Gasteiger charge is -2.07. The van der Waals surface area contributed by atoms with Crippen molar-refractivity contribution in [2.24, 2.45) is 0 Å².